The summed E-state index contributed by atoms with van der Waals surface area (Å²) < 4.78 is 35.0. The molecule has 11 heteroatoms. The predicted molar refractivity (Wildman–Crippen MR) is 133 cm³/mol. The van der Waals surface area contributed by atoms with Crippen LogP contribution in [0.3, 0.4) is 0 Å². The fraction of sp³-hybridized carbons (Fsp3) is 0.500. The van der Waals surface area contributed by atoms with Gasteiger partial charge in [0.15, 0.2) is 17.4 Å². The van der Waals surface area contributed by atoms with E-state index in [1.54, 1.807) is 6.20 Å². The molecule has 2 aromatic heterocycles. The van der Waals surface area contributed by atoms with E-state index in [1.807, 2.05) is 17.8 Å². The average Bonchev–Trinajstić information content (AvgIpc) is 3.39. The molecule has 2 N–H and O–H groups in total. The normalized spacial score (nSPS) is 17.6. The van der Waals surface area contributed by atoms with Gasteiger partial charge in [0.05, 0.1) is 30.3 Å². The molecule has 3 aromatic rings. The van der Waals surface area contributed by atoms with Crippen LogP contribution in [0.15, 0.2) is 30.6 Å². The zero-order valence-electron chi connectivity index (χ0n) is 20.9. The van der Waals surface area contributed by atoms with Gasteiger partial charge in [-0.2, -0.15) is 5.10 Å². The van der Waals surface area contributed by atoms with Gasteiger partial charge in [-0.05, 0) is 19.1 Å². The number of fused-ring (bicyclic) bond motifs is 1. The maximum Gasteiger partial charge on any atom is 0.167 e. The molecule has 2 aliphatic rings. The van der Waals surface area contributed by atoms with E-state index in [0.29, 0.717) is 45.4 Å². The molecule has 1 aromatic carbocycles. The van der Waals surface area contributed by atoms with Crippen LogP contribution >= 0.6 is 0 Å². The van der Waals surface area contributed by atoms with E-state index < -0.39 is 17.7 Å². The largest absolute Gasteiger partial charge is 0.487 e. The molecule has 4 heterocycles. The van der Waals surface area contributed by atoms with Crippen LogP contribution in [0.2, 0.25) is 0 Å². The number of β-amino-alcohol motifs (C(OH)–C–C–N with tert-alkyl or cyclic N) is 1. The molecule has 0 spiro atoms. The minimum absolute atomic E-state index is 0.0666. The predicted octanol–water partition coefficient (Wildman–Crippen LogP) is 2.40. The third kappa shape index (κ3) is 5.73. The van der Waals surface area contributed by atoms with Crippen molar-refractivity contribution in [3.05, 3.63) is 53.6 Å². The topological polar surface area (TPSA) is 99.8 Å². The molecule has 0 amide bonds. The standard InChI is InChI=1S/C26H32F2N6O3/c1-2-34-13-17(12-29-34)25-26(31-22-7-8-32(14-19(36)16-35)15-23(22)30-25)33-9-5-20(6-10-33)37-24-4-3-18(27)11-21(24)28/h3-4,11-13,19-20,35-36H,2,5-10,14-16H2,1H3/t19-/m0/s1. The highest BCUT2D eigenvalue weighted by molar-refractivity contribution is 5.72. The van der Waals surface area contributed by atoms with Gasteiger partial charge < -0.3 is 19.8 Å². The van der Waals surface area contributed by atoms with Gasteiger partial charge in [-0.25, -0.2) is 18.7 Å². The van der Waals surface area contributed by atoms with Gasteiger partial charge >= 0.3 is 0 Å². The summed E-state index contributed by atoms with van der Waals surface area (Å²) in [5.41, 5.74) is 3.44. The van der Waals surface area contributed by atoms with Crippen molar-refractivity contribution in [2.24, 2.45) is 0 Å². The molecule has 0 radical (unpaired) electrons. The van der Waals surface area contributed by atoms with Crippen LogP contribution < -0.4 is 9.64 Å². The number of aliphatic hydroxyl groups excluding tert-OH is 2. The summed E-state index contributed by atoms with van der Waals surface area (Å²) in [6.07, 6.45) is 4.82. The van der Waals surface area contributed by atoms with Crippen molar-refractivity contribution in [1.82, 2.24) is 24.6 Å². The number of hydrogen-bond donors (Lipinski definition) is 2. The Morgan fingerprint density at radius 1 is 1.14 bits per heavy atom. The molecule has 5 rings (SSSR count). The number of ether oxygens (including phenoxy) is 1. The van der Waals surface area contributed by atoms with Crippen molar-refractivity contribution < 1.29 is 23.7 Å². The Morgan fingerprint density at radius 2 is 1.95 bits per heavy atom. The number of anilines is 1. The molecule has 1 saturated heterocycles. The second-order valence-electron chi connectivity index (χ2n) is 9.57. The first-order chi connectivity index (χ1) is 17.9. The Kier molecular flexibility index (Phi) is 7.63. The Morgan fingerprint density at radius 3 is 2.65 bits per heavy atom. The number of piperidine rings is 1. The zero-order chi connectivity index (χ0) is 25.9. The minimum Gasteiger partial charge on any atom is -0.487 e. The van der Waals surface area contributed by atoms with E-state index in [2.05, 4.69) is 14.9 Å². The molecule has 0 bridgehead atoms. The van der Waals surface area contributed by atoms with Crippen molar-refractivity contribution in [1.29, 1.82) is 0 Å². The maximum absolute atomic E-state index is 14.1. The summed E-state index contributed by atoms with van der Waals surface area (Å²) >= 11 is 0. The summed E-state index contributed by atoms with van der Waals surface area (Å²) in [7, 11) is 0. The van der Waals surface area contributed by atoms with Gasteiger partial charge in [-0.15, -0.1) is 0 Å². The summed E-state index contributed by atoms with van der Waals surface area (Å²) in [6, 6.07) is 3.37. The number of aliphatic hydroxyl groups is 2. The quantitative estimate of drug-likeness (QED) is 0.473. The van der Waals surface area contributed by atoms with Crippen molar-refractivity contribution in [2.75, 3.05) is 37.7 Å². The number of benzene rings is 1. The molecular formula is C26H32F2N6O3. The highest BCUT2D eigenvalue weighted by Gasteiger charge is 2.29. The Labute approximate surface area is 214 Å². The van der Waals surface area contributed by atoms with E-state index in [9.17, 15) is 19.0 Å². The Balaban J connectivity index is 1.36. The molecule has 37 heavy (non-hydrogen) atoms. The van der Waals surface area contributed by atoms with Crippen molar-refractivity contribution in [2.45, 2.75) is 51.5 Å². The highest BCUT2D eigenvalue weighted by Crippen LogP contribution is 2.33. The van der Waals surface area contributed by atoms with Crippen LogP contribution in [0, 0.1) is 11.6 Å². The maximum atomic E-state index is 14.1. The van der Waals surface area contributed by atoms with Gasteiger partial charge in [-0.3, -0.25) is 9.58 Å². The smallest absolute Gasteiger partial charge is 0.167 e. The molecule has 198 valence electrons. The van der Waals surface area contributed by atoms with Gasteiger partial charge in [0.2, 0.25) is 0 Å². The molecule has 0 aliphatic carbocycles. The number of halogens is 2. The zero-order valence-corrected chi connectivity index (χ0v) is 20.9. The van der Waals surface area contributed by atoms with Crippen LogP contribution in [0.5, 0.6) is 5.75 Å². The first-order valence-electron chi connectivity index (χ1n) is 12.7. The molecule has 9 nitrogen and oxygen atoms in total. The number of aromatic nitrogens is 4. The van der Waals surface area contributed by atoms with Crippen LogP contribution in [0.1, 0.15) is 31.2 Å². The number of nitrogens with zero attached hydrogens (tertiary/aromatic N) is 6. The monoisotopic (exact) mass is 514 g/mol. The lowest BCUT2D eigenvalue weighted by Crippen LogP contribution is -2.41. The number of rotatable bonds is 8. The first-order valence-corrected chi connectivity index (χ1v) is 12.7. The van der Waals surface area contributed by atoms with Gasteiger partial charge in [0.1, 0.15) is 17.6 Å². The lowest BCUT2D eigenvalue weighted by Gasteiger charge is -2.35. The minimum atomic E-state index is -0.789. The van der Waals surface area contributed by atoms with E-state index in [1.165, 1.54) is 12.1 Å². The van der Waals surface area contributed by atoms with E-state index in [-0.39, 0.29) is 18.5 Å². The Bertz CT molecular complexity index is 1230. The fourth-order valence-corrected chi connectivity index (χ4v) is 4.90. The number of aryl methyl sites for hydroxylation is 1. The molecule has 1 atom stereocenters. The van der Waals surface area contributed by atoms with Gasteiger partial charge in [0.25, 0.3) is 0 Å². The average molecular weight is 515 g/mol. The third-order valence-corrected chi connectivity index (χ3v) is 6.91. The first kappa shape index (κ1) is 25.5. The van der Waals surface area contributed by atoms with Gasteiger partial charge in [0, 0.05) is 76.4 Å². The molecule has 0 saturated carbocycles. The van der Waals surface area contributed by atoms with Crippen LogP contribution in [0.25, 0.3) is 11.3 Å². The Hall–Kier alpha value is -3.15. The van der Waals surface area contributed by atoms with E-state index in [0.717, 1.165) is 47.6 Å². The second-order valence-corrected chi connectivity index (χ2v) is 9.57. The highest BCUT2D eigenvalue weighted by atomic mass is 19.1. The van der Waals surface area contributed by atoms with E-state index in [4.69, 9.17) is 14.7 Å². The van der Waals surface area contributed by atoms with Crippen LogP contribution in [-0.4, -0.2) is 79.9 Å². The van der Waals surface area contributed by atoms with Crippen LogP contribution in [-0.2, 0) is 19.5 Å². The SMILES string of the molecule is CCn1cc(-c2nc3c(nc2N2CCC(Oc4ccc(F)cc4F)CC2)CCN(C[C@H](O)CO)C3)cn1. The van der Waals surface area contributed by atoms with Crippen molar-refractivity contribution >= 4 is 5.82 Å². The summed E-state index contributed by atoms with van der Waals surface area (Å²) in [6.45, 7) is 5.46. The summed E-state index contributed by atoms with van der Waals surface area (Å²) in [5.74, 6) is -0.461. The molecule has 0 unspecified atom stereocenters. The van der Waals surface area contributed by atoms with E-state index >= 15 is 0 Å². The lowest BCUT2D eigenvalue weighted by atomic mass is 10.1. The summed E-state index contributed by atoms with van der Waals surface area (Å²) in [5, 5.41) is 23.5. The third-order valence-electron chi connectivity index (χ3n) is 6.91. The molecule has 1 fully saturated rings. The van der Waals surface area contributed by atoms with Gasteiger partial charge in [-0.1, -0.05) is 0 Å². The van der Waals surface area contributed by atoms with Crippen molar-refractivity contribution in [3.8, 4) is 17.0 Å². The molecular weight excluding hydrogens is 482 g/mol. The van der Waals surface area contributed by atoms with Crippen molar-refractivity contribution in [3.63, 3.8) is 0 Å². The molecule has 2 aliphatic heterocycles. The second kappa shape index (κ2) is 11.1. The fourth-order valence-electron chi connectivity index (χ4n) is 4.90. The lowest BCUT2D eigenvalue weighted by molar-refractivity contribution is 0.0544. The number of hydrogen-bond acceptors (Lipinski definition) is 8. The van der Waals surface area contributed by atoms with Crippen LogP contribution in [0.4, 0.5) is 14.6 Å². The summed E-state index contributed by atoms with van der Waals surface area (Å²) in [4.78, 5) is 14.4.